The van der Waals surface area contributed by atoms with Crippen LogP contribution in [0.1, 0.15) is 11.9 Å². The lowest BCUT2D eigenvalue weighted by Gasteiger charge is -2.41. The predicted octanol–water partition coefficient (Wildman–Crippen LogP) is 1.33. The summed E-state index contributed by atoms with van der Waals surface area (Å²) in [7, 11) is 1.64. The molecular weight excluding hydrogens is 272 g/mol. The highest BCUT2D eigenvalue weighted by molar-refractivity contribution is 5.17. The van der Waals surface area contributed by atoms with Crippen LogP contribution in [0.5, 0.6) is 0 Å². The maximum absolute atomic E-state index is 9.53. The van der Waals surface area contributed by atoms with Gasteiger partial charge in [-0.2, -0.15) is 0 Å². The number of hydrogen-bond donors (Lipinski definition) is 1. The van der Waals surface area contributed by atoms with Gasteiger partial charge in [-0.25, -0.2) is 0 Å². The van der Waals surface area contributed by atoms with Crippen molar-refractivity contribution in [3.63, 3.8) is 0 Å². The maximum atomic E-state index is 9.53. The summed E-state index contributed by atoms with van der Waals surface area (Å²) in [4.78, 5) is 0. The molecule has 7 unspecified atom stereocenters. The fraction of sp³-hybridized carbons (Fsp3) is 0.625. The van der Waals surface area contributed by atoms with Crippen LogP contribution in [0.4, 0.5) is 0 Å². The molecule has 1 N–H and O–H groups in total. The minimum Gasteiger partial charge on any atom is -0.396 e. The average molecular weight is 292 g/mol. The van der Waals surface area contributed by atoms with Crippen LogP contribution in [0.2, 0.25) is 0 Å². The second-order valence-corrected chi connectivity index (χ2v) is 5.96. The van der Waals surface area contributed by atoms with E-state index in [0.29, 0.717) is 12.5 Å². The lowest BCUT2D eigenvalue weighted by molar-refractivity contribution is -0.316. The van der Waals surface area contributed by atoms with E-state index in [4.69, 9.17) is 18.9 Å². The fourth-order valence-corrected chi connectivity index (χ4v) is 3.78. The fourth-order valence-electron chi connectivity index (χ4n) is 3.78. The molecule has 0 amide bonds. The number of fused-ring (bicyclic) bond motifs is 3. The molecule has 2 heterocycles. The van der Waals surface area contributed by atoms with E-state index in [2.05, 4.69) is 0 Å². The van der Waals surface area contributed by atoms with Gasteiger partial charge < -0.3 is 24.1 Å². The first-order chi connectivity index (χ1) is 10.3. The van der Waals surface area contributed by atoms with Crippen LogP contribution in [0.25, 0.3) is 0 Å². The first-order valence-electron chi connectivity index (χ1n) is 7.44. The minimum atomic E-state index is -0.351. The molecule has 4 rings (SSSR count). The number of methoxy groups -OCH3 is 1. The summed E-state index contributed by atoms with van der Waals surface area (Å²) in [5.74, 6) is 0.740. The lowest BCUT2D eigenvalue weighted by Crippen LogP contribution is -2.49. The summed E-state index contributed by atoms with van der Waals surface area (Å²) in [6.07, 6.45) is -0.755. The zero-order valence-electron chi connectivity index (χ0n) is 11.9. The summed E-state index contributed by atoms with van der Waals surface area (Å²) in [5, 5.41) is 9.53. The number of aliphatic hydroxyl groups is 1. The molecule has 1 aromatic carbocycles. The average Bonchev–Trinajstić information content (AvgIpc) is 3.29. The topological polar surface area (TPSA) is 57.2 Å². The van der Waals surface area contributed by atoms with Gasteiger partial charge in [-0.15, -0.1) is 0 Å². The van der Waals surface area contributed by atoms with Crippen LogP contribution in [0.3, 0.4) is 0 Å². The van der Waals surface area contributed by atoms with Crippen molar-refractivity contribution in [3.8, 4) is 0 Å². The van der Waals surface area contributed by atoms with E-state index in [-0.39, 0.29) is 43.2 Å². The Morgan fingerprint density at radius 3 is 2.71 bits per heavy atom. The van der Waals surface area contributed by atoms with Crippen LogP contribution >= 0.6 is 0 Å². The Morgan fingerprint density at radius 1 is 1.19 bits per heavy atom. The molecule has 2 saturated heterocycles. The number of benzene rings is 1. The third-order valence-electron chi connectivity index (χ3n) is 4.87. The quantitative estimate of drug-likeness (QED) is 0.911. The molecule has 5 nitrogen and oxygen atoms in total. The molecule has 2 aliphatic heterocycles. The molecule has 1 aliphatic carbocycles. The van der Waals surface area contributed by atoms with E-state index >= 15 is 0 Å². The highest BCUT2D eigenvalue weighted by Crippen LogP contribution is 2.57. The van der Waals surface area contributed by atoms with Crippen molar-refractivity contribution < 1.29 is 24.1 Å². The smallest absolute Gasteiger partial charge is 0.184 e. The number of rotatable bonds is 3. The normalized spacial score (nSPS) is 44.8. The van der Waals surface area contributed by atoms with Gasteiger partial charge >= 0.3 is 0 Å². The van der Waals surface area contributed by atoms with Crippen LogP contribution < -0.4 is 0 Å². The van der Waals surface area contributed by atoms with Crippen molar-refractivity contribution in [1.82, 2.24) is 0 Å². The highest BCUT2D eigenvalue weighted by Gasteiger charge is 2.65. The standard InChI is InChI=1S/C16H20O5/c1-18-16-13-10(7-17)12(13)14-11(20-16)8-19-15(21-14)9-5-3-2-4-6-9/h2-6,10-17H,7-8H2,1H3. The van der Waals surface area contributed by atoms with Crippen molar-refractivity contribution in [2.24, 2.45) is 17.8 Å². The van der Waals surface area contributed by atoms with Gasteiger partial charge in [0.05, 0.1) is 12.7 Å². The lowest BCUT2D eigenvalue weighted by atomic mass is 10.0. The summed E-state index contributed by atoms with van der Waals surface area (Å²) in [6.45, 7) is 0.646. The summed E-state index contributed by atoms with van der Waals surface area (Å²) >= 11 is 0. The van der Waals surface area contributed by atoms with Crippen LogP contribution in [-0.4, -0.2) is 43.9 Å². The molecule has 3 fully saturated rings. The van der Waals surface area contributed by atoms with E-state index in [0.717, 1.165) is 5.56 Å². The number of ether oxygens (including phenoxy) is 4. The molecular formula is C16H20O5. The van der Waals surface area contributed by atoms with Gasteiger partial charge in [0.2, 0.25) is 0 Å². The Labute approximate surface area is 123 Å². The summed E-state index contributed by atoms with van der Waals surface area (Å²) < 4.78 is 23.3. The highest BCUT2D eigenvalue weighted by atomic mass is 16.7. The van der Waals surface area contributed by atoms with Gasteiger partial charge in [0, 0.05) is 31.1 Å². The number of hydrogen-bond acceptors (Lipinski definition) is 5. The summed E-state index contributed by atoms with van der Waals surface area (Å²) in [6, 6.07) is 9.92. The van der Waals surface area contributed by atoms with Crippen LogP contribution in [0, 0.1) is 17.8 Å². The maximum Gasteiger partial charge on any atom is 0.184 e. The molecule has 1 aromatic rings. The Morgan fingerprint density at radius 2 is 2.00 bits per heavy atom. The predicted molar refractivity (Wildman–Crippen MR) is 73.2 cm³/mol. The first kappa shape index (κ1) is 13.7. The molecule has 1 saturated carbocycles. The zero-order valence-corrected chi connectivity index (χ0v) is 11.9. The summed E-state index contributed by atoms with van der Waals surface area (Å²) in [5.41, 5.74) is 1.02. The molecule has 21 heavy (non-hydrogen) atoms. The number of aliphatic hydroxyl groups excluding tert-OH is 1. The Bertz CT molecular complexity index is 493. The Balaban J connectivity index is 1.52. The monoisotopic (exact) mass is 292 g/mol. The van der Waals surface area contributed by atoms with Gasteiger partial charge in [-0.3, -0.25) is 0 Å². The molecule has 0 radical (unpaired) electrons. The third kappa shape index (κ3) is 2.20. The van der Waals surface area contributed by atoms with Crippen molar-refractivity contribution in [3.05, 3.63) is 35.9 Å². The molecule has 0 aromatic heterocycles. The van der Waals surface area contributed by atoms with Crippen LogP contribution in [-0.2, 0) is 18.9 Å². The van der Waals surface area contributed by atoms with Gasteiger partial charge in [0.15, 0.2) is 12.6 Å². The molecule has 0 spiro atoms. The SMILES string of the molecule is COC1OC2COC(c3ccccc3)OC2C2C(CO)C12. The van der Waals surface area contributed by atoms with E-state index in [1.54, 1.807) is 7.11 Å². The van der Waals surface area contributed by atoms with Crippen molar-refractivity contribution >= 4 is 0 Å². The van der Waals surface area contributed by atoms with E-state index in [1.165, 1.54) is 0 Å². The first-order valence-corrected chi connectivity index (χ1v) is 7.44. The third-order valence-corrected chi connectivity index (χ3v) is 4.87. The largest absolute Gasteiger partial charge is 0.396 e. The minimum absolute atomic E-state index is 0.0301. The van der Waals surface area contributed by atoms with Gasteiger partial charge in [0.25, 0.3) is 0 Å². The molecule has 5 heteroatoms. The van der Waals surface area contributed by atoms with Gasteiger partial charge in [-0.05, 0) is 5.92 Å². The molecule has 7 atom stereocenters. The Kier molecular flexibility index (Phi) is 3.47. The van der Waals surface area contributed by atoms with Crippen molar-refractivity contribution in [1.29, 1.82) is 0 Å². The van der Waals surface area contributed by atoms with E-state index in [1.807, 2.05) is 30.3 Å². The Hall–Kier alpha value is -0.980. The van der Waals surface area contributed by atoms with Crippen molar-refractivity contribution in [2.75, 3.05) is 20.3 Å². The van der Waals surface area contributed by atoms with Gasteiger partial charge in [0.1, 0.15) is 6.10 Å². The van der Waals surface area contributed by atoms with E-state index in [9.17, 15) is 5.11 Å². The molecule has 3 aliphatic rings. The van der Waals surface area contributed by atoms with Crippen LogP contribution in [0.15, 0.2) is 30.3 Å². The zero-order chi connectivity index (χ0) is 14.4. The second kappa shape index (κ2) is 5.34. The van der Waals surface area contributed by atoms with Crippen molar-refractivity contribution in [2.45, 2.75) is 24.8 Å². The van der Waals surface area contributed by atoms with Gasteiger partial charge in [-0.1, -0.05) is 30.3 Å². The molecule has 0 bridgehead atoms. The second-order valence-electron chi connectivity index (χ2n) is 5.96. The van der Waals surface area contributed by atoms with E-state index < -0.39 is 0 Å². The molecule has 114 valence electrons.